The first kappa shape index (κ1) is 15.9. The molecule has 0 bridgehead atoms. The quantitative estimate of drug-likeness (QED) is 0.665. The number of nitrogens with two attached hydrogens (primary N) is 1. The molecule has 1 saturated heterocycles. The fourth-order valence-corrected chi connectivity index (χ4v) is 2.60. The van der Waals surface area contributed by atoms with E-state index in [0.29, 0.717) is 12.6 Å². The smallest absolute Gasteiger partial charge is 0.0741 e. The Morgan fingerprint density at radius 2 is 2.06 bits per heavy atom. The van der Waals surface area contributed by atoms with Crippen LogP contribution in [0.15, 0.2) is 0 Å². The maximum atomic E-state index is 9.83. The minimum Gasteiger partial charge on any atom is -0.389 e. The van der Waals surface area contributed by atoms with Gasteiger partial charge in [0.2, 0.25) is 0 Å². The van der Waals surface area contributed by atoms with Gasteiger partial charge in [-0.3, -0.25) is 0 Å². The second-order valence-corrected chi connectivity index (χ2v) is 6.00. The van der Waals surface area contributed by atoms with Gasteiger partial charge in [0.05, 0.1) is 5.60 Å². The van der Waals surface area contributed by atoms with Gasteiger partial charge in [-0.2, -0.15) is 0 Å². The number of unbranched alkanes of at least 4 members (excludes halogenated alkanes) is 1. The zero-order chi connectivity index (χ0) is 13.6. The third kappa shape index (κ3) is 5.22. The summed E-state index contributed by atoms with van der Waals surface area (Å²) in [6.07, 6.45) is 4.27. The third-order valence-corrected chi connectivity index (χ3v) is 4.21. The fourth-order valence-electron chi connectivity index (χ4n) is 2.60. The predicted octanol–water partition coefficient (Wildman–Crippen LogP) is 0.892. The first-order chi connectivity index (χ1) is 8.48. The average molecular weight is 257 g/mol. The number of likely N-dealkylation sites (N-methyl/N-ethyl adjacent to an activating group) is 1. The van der Waals surface area contributed by atoms with Gasteiger partial charge in [-0.05, 0) is 46.2 Å². The average Bonchev–Trinajstić information content (AvgIpc) is 2.36. The lowest BCUT2D eigenvalue weighted by Gasteiger charge is -2.39. The monoisotopic (exact) mass is 257 g/mol. The standard InChI is InChI=1S/C14H31N3O/c1-4-13-11-17(10-9-16(13)3)8-6-5-7-14(2,18)12-15/h13,18H,4-12,15H2,1-3H3. The number of piperazine rings is 1. The molecular formula is C14H31N3O. The first-order valence-corrected chi connectivity index (χ1v) is 7.33. The Kier molecular flexibility index (Phi) is 6.57. The normalized spacial score (nSPS) is 26.2. The van der Waals surface area contributed by atoms with E-state index < -0.39 is 5.60 Å². The highest BCUT2D eigenvalue weighted by Gasteiger charge is 2.22. The number of hydrogen-bond donors (Lipinski definition) is 2. The lowest BCUT2D eigenvalue weighted by molar-refractivity contribution is 0.0538. The summed E-state index contributed by atoms with van der Waals surface area (Å²) >= 11 is 0. The molecule has 0 aromatic carbocycles. The van der Waals surface area contributed by atoms with E-state index >= 15 is 0 Å². The molecule has 0 aromatic heterocycles. The van der Waals surface area contributed by atoms with Gasteiger partial charge in [-0.25, -0.2) is 0 Å². The van der Waals surface area contributed by atoms with E-state index in [-0.39, 0.29) is 0 Å². The molecule has 1 fully saturated rings. The van der Waals surface area contributed by atoms with Gasteiger partial charge in [0.1, 0.15) is 0 Å². The molecule has 1 rings (SSSR count). The predicted molar refractivity (Wildman–Crippen MR) is 76.7 cm³/mol. The summed E-state index contributed by atoms with van der Waals surface area (Å²) in [7, 11) is 2.23. The van der Waals surface area contributed by atoms with Crippen molar-refractivity contribution in [3.8, 4) is 0 Å². The Labute approximate surface area is 112 Å². The molecule has 1 heterocycles. The van der Waals surface area contributed by atoms with Crippen LogP contribution in [0.5, 0.6) is 0 Å². The lowest BCUT2D eigenvalue weighted by Crippen LogP contribution is -2.51. The van der Waals surface area contributed by atoms with E-state index in [0.717, 1.165) is 25.8 Å². The van der Waals surface area contributed by atoms with Crippen molar-refractivity contribution in [1.29, 1.82) is 0 Å². The number of nitrogens with zero attached hydrogens (tertiary/aromatic N) is 2. The summed E-state index contributed by atoms with van der Waals surface area (Å²) in [6, 6.07) is 0.714. The van der Waals surface area contributed by atoms with Gasteiger partial charge in [-0.15, -0.1) is 0 Å². The van der Waals surface area contributed by atoms with Crippen molar-refractivity contribution >= 4 is 0 Å². The van der Waals surface area contributed by atoms with Gasteiger partial charge in [0, 0.05) is 32.2 Å². The second kappa shape index (κ2) is 7.43. The topological polar surface area (TPSA) is 52.7 Å². The Morgan fingerprint density at radius 3 is 2.67 bits per heavy atom. The molecule has 0 aromatic rings. The van der Waals surface area contributed by atoms with Gasteiger partial charge in [0.15, 0.2) is 0 Å². The molecule has 0 spiro atoms. The zero-order valence-electron chi connectivity index (χ0n) is 12.4. The van der Waals surface area contributed by atoms with Crippen LogP contribution in [0.1, 0.15) is 39.5 Å². The maximum Gasteiger partial charge on any atom is 0.0741 e. The van der Waals surface area contributed by atoms with Crippen molar-refractivity contribution in [1.82, 2.24) is 9.80 Å². The highest BCUT2D eigenvalue weighted by Crippen LogP contribution is 2.14. The SMILES string of the molecule is CCC1CN(CCCCC(C)(O)CN)CCN1C. The van der Waals surface area contributed by atoms with Crippen molar-refractivity contribution in [3.63, 3.8) is 0 Å². The van der Waals surface area contributed by atoms with E-state index in [1.165, 1.54) is 26.1 Å². The highest BCUT2D eigenvalue weighted by molar-refractivity contribution is 4.79. The highest BCUT2D eigenvalue weighted by atomic mass is 16.3. The van der Waals surface area contributed by atoms with Crippen LogP contribution in [0.3, 0.4) is 0 Å². The molecule has 3 N–H and O–H groups in total. The Balaban J connectivity index is 2.16. The molecule has 2 unspecified atom stereocenters. The van der Waals surface area contributed by atoms with Crippen LogP contribution in [0.2, 0.25) is 0 Å². The van der Waals surface area contributed by atoms with Gasteiger partial charge in [0.25, 0.3) is 0 Å². The minimum absolute atomic E-state index is 0.361. The van der Waals surface area contributed by atoms with Crippen molar-refractivity contribution in [2.75, 3.05) is 39.8 Å². The van der Waals surface area contributed by atoms with Crippen LogP contribution in [0.25, 0.3) is 0 Å². The lowest BCUT2D eigenvalue weighted by atomic mass is 9.99. The Bertz CT molecular complexity index is 233. The molecule has 108 valence electrons. The fraction of sp³-hybridized carbons (Fsp3) is 1.00. The zero-order valence-corrected chi connectivity index (χ0v) is 12.4. The molecule has 18 heavy (non-hydrogen) atoms. The van der Waals surface area contributed by atoms with Crippen molar-refractivity contribution in [2.45, 2.75) is 51.2 Å². The van der Waals surface area contributed by atoms with Crippen molar-refractivity contribution in [3.05, 3.63) is 0 Å². The number of rotatable bonds is 7. The Morgan fingerprint density at radius 1 is 1.33 bits per heavy atom. The van der Waals surface area contributed by atoms with Gasteiger partial charge < -0.3 is 20.6 Å². The van der Waals surface area contributed by atoms with Gasteiger partial charge >= 0.3 is 0 Å². The van der Waals surface area contributed by atoms with Gasteiger partial charge in [-0.1, -0.05) is 6.92 Å². The summed E-state index contributed by atoms with van der Waals surface area (Å²) in [5.41, 5.74) is 4.84. The van der Waals surface area contributed by atoms with Crippen LogP contribution < -0.4 is 5.73 Å². The summed E-state index contributed by atoms with van der Waals surface area (Å²) in [4.78, 5) is 5.03. The van der Waals surface area contributed by atoms with Crippen LogP contribution in [0.4, 0.5) is 0 Å². The summed E-state index contributed by atoms with van der Waals surface area (Å²) < 4.78 is 0. The Hall–Kier alpha value is -0.160. The summed E-state index contributed by atoms with van der Waals surface area (Å²) in [5, 5.41) is 9.83. The molecule has 1 aliphatic heterocycles. The summed E-state index contributed by atoms with van der Waals surface area (Å²) in [5.74, 6) is 0. The first-order valence-electron chi connectivity index (χ1n) is 7.33. The molecule has 1 aliphatic rings. The molecule has 0 amide bonds. The minimum atomic E-state index is -0.673. The van der Waals surface area contributed by atoms with E-state index in [2.05, 4.69) is 23.8 Å². The van der Waals surface area contributed by atoms with Crippen LogP contribution in [-0.4, -0.2) is 66.3 Å². The molecule has 0 aliphatic carbocycles. The molecule has 0 radical (unpaired) electrons. The summed E-state index contributed by atoms with van der Waals surface area (Å²) in [6.45, 7) is 9.17. The van der Waals surface area contributed by atoms with E-state index in [9.17, 15) is 5.11 Å². The largest absolute Gasteiger partial charge is 0.389 e. The molecule has 2 atom stereocenters. The van der Waals surface area contributed by atoms with E-state index in [1.54, 1.807) is 0 Å². The van der Waals surface area contributed by atoms with E-state index in [1.807, 2.05) is 6.92 Å². The van der Waals surface area contributed by atoms with Crippen molar-refractivity contribution < 1.29 is 5.11 Å². The van der Waals surface area contributed by atoms with E-state index in [4.69, 9.17) is 5.73 Å². The maximum absolute atomic E-state index is 9.83. The molecule has 4 nitrogen and oxygen atoms in total. The van der Waals surface area contributed by atoms with Crippen LogP contribution in [-0.2, 0) is 0 Å². The third-order valence-electron chi connectivity index (χ3n) is 4.21. The molecule has 0 saturated carbocycles. The van der Waals surface area contributed by atoms with Crippen LogP contribution >= 0.6 is 0 Å². The number of aliphatic hydroxyl groups is 1. The number of hydrogen-bond acceptors (Lipinski definition) is 4. The van der Waals surface area contributed by atoms with Crippen LogP contribution in [0, 0.1) is 0 Å². The second-order valence-electron chi connectivity index (χ2n) is 6.00. The molecule has 4 heteroatoms. The van der Waals surface area contributed by atoms with Crippen molar-refractivity contribution in [2.24, 2.45) is 5.73 Å². The molecular weight excluding hydrogens is 226 g/mol.